The first-order chi connectivity index (χ1) is 4.72. The lowest BCUT2D eigenvalue weighted by Gasteiger charge is -2.30. The average Bonchev–Trinajstić information content (AvgIpc) is 1.85. The molecule has 0 heteroatoms. The minimum atomic E-state index is 0.994. The smallest absolute Gasteiger partial charge is 0.0412 e. The van der Waals surface area contributed by atoms with E-state index in [4.69, 9.17) is 0 Å². The molecule has 0 heterocycles. The lowest BCUT2D eigenvalue weighted by molar-refractivity contribution is 0.215. The lowest BCUT2D eigenvalue weighted by atomic mass is 9.76. The minimum Gasteiger partial charge on any atom is -0.0651 e. The van der Waals surface area contributed by atoms with Crippen molar-refractivity contribution in [3.8, 4) is 0 Å². The van der Waals surface area contributed by atoms with Crippen molar-refractivity contribution in [2.24, 2.45) is 17.8 Å². The third-order valence-corrected chi connectivity index (χ3v) is 2.85. The van der Waals surface area contributed by atoms with Gasteiger partial charge in [-0.2, -0.15) is 0 Å². The summed E-state index contributed by atoms with van der Waals surface area (Å²) in [7, 11) is 0. The molecule has 0 aromatic heterocycles. The monoisotopic (exact) mass is 140 g/mol. The van der Waals surface area contributed by atoms with Gasteiger partial charge in [-0.3, -0.25) is 0 Å². The highest BCUT2D eigenvalue weighted by molar-refractivity contribution is 4.73. The standard InChI is InChI=1S/C10H20/c1-4-10-6-8(2)5-9(3)7-10/h8-10H,4-7H2,1-3H3/t8-,9+,10?. The van der Waals surface area contributed by atoms with E-state index in [1.165, 1.54) is 25.7 Å². The van der Waals surface area contributed by atoms with E-state index in [2.05, 4.69) is 20.8 Å². The van der Waals surface area contributed by atoms with Crippen molar-refractivity contribution in [1.82, 2.24) is 0 Å². The van der Waals surface area contributed by atoms with E-state index in [1.807, 2.05) is 0 Å². The van der Waals surface area contributed by atoms with E-state index in [9.17, 15) is 0 Å². The average molecular weight is 140 g/mol. The quantitative estimate of drug-likeness (QED) is 0.523. The molecule has 3 atom stereocenters. The summed E-state index contributed by atoms with van der Waals surface area (Å²) in [6.07, 6.45) is 5.84. The Hall–Kier alpha value is 0. The molecule has 1 rings (SSSR count). The molecular weight excluding hydrogens is 120 g/mol. The highest BCUT2D eigenvalue weighted by Crippen LogP contribution is 2.34. The largest absolute Gasteiger partial charge is 0.0651 e. The number of hydrogen-bond acceptors (Lipinski definition) is 0. The molecule has 0 radical (unpaired) electrons. The summed E-state index contributed by atoms with van der Waals surface area (Å²) in [6, 6.07) is 0. The van der Waals surface area contributed by atoms with Crippen LogP contribution in [0.25, 0.3) is 0 Å². The maximum atomic E-state index is 2.40. The van der Waals surface area contributed by atoms with Crippen molar-refractivity contribution in [3.63, 3.8) is 0 Å². The van der Waals surface area contributed by atoms with Crippen LogP contribution in [0.1, 0.15) is 46.5 Å². The Kier molecular flexibility index (Phi) is 2.76. The molecule has 0 spiro atoms. The molecule has 10 heavy (non-hydrogen) atoms. The van der Waals surface area contributed by atoms with Crippen molar-refractivity contribution >= 4 is 0 Å². The van der Waals surface area contributed by atoms with Gasteiger partial charge in [0.25, 0.3) is 0 Å². The van der Waals surface area contributed by atoms with Crippen molar-refractivity contribution in [2.75, 3.05) is 0 Å². The third kappa shape index (κ3) is 2.00. The second-order valence-electron chi connectivity index (χ2n) is 4.19. The lowest BCUT2D eigenvalue weighted by Crippen LogP contribution is -2.18. The summed E-state index contributed by atoms with van der Waals surface area (Å²) in [5.41, 5.74) is 0. The van der Waals surface area contributed by atoms with E-state index < -0.39 is 0 Å². The zero-order valence-corrected chi connectivity index (χ0v) is 7.56. The second kappa shape index (κ2) is 3.41. The maximum absolute atomic E-state index is 2.40. The molecule has 0 bridgehead atoms. The van der Waals surface area contributed by atoms with Gasteiger partial charge in [0.15, 0.2) is 0 Å². The Labute approximate surface area is 65.0 Å². The summed E-state index contributed by atoms with van der Waals surface area (Å²) in [4.78, 5) is 0. The Morgan fingerprint density at radius 1 is 1.00 bits per heavy atom. The molecule has 1 aliphatic carbocycles. The highest BCUT2D eigenvalue weighted by Gasteiger charge is 2.21. The molecule has 1 fully saturated rings. The highest BCUT2D eigenvalue weighted by atomic mass is 14.3. The van der Waals surface area contributed by atoms with Gasteiger partial charge in [0, 0.05) is 0 Å². The predicted octanol–water partition coefficient (Wildman–Crippen LogP) is 3.47. The first kappa shape index (κ1) is 8.10. The fraction of sp³-hybridized carbons (Fsp3) is 1.00. The van der Waals surface area contributed by atoms with Gasteiger partial charge in [-0.1, -0.05) is 27.2 Å². The molecule has 0 N–H and O–H groups in total. The van der Waals surface area contributed by atoms with Crippen LogP contribution in [0.5, 0.6) is 0 Å². The van der Waals surface area contributed by atoms with Crippen LogP contribution in [0.4, 0.5) is 0 Å². The normalized spacial score (nSPS) is 41.7. The summed E-state index contributed by atoms with van der Waals surface area (Å²) >= 11 is 0. The van der Waals surface area contributed by atoms with Crippen molar-refractivity contribution in [2.45, 2.75) is 46.5 Å². The van der Waals surface area contributed by atoms with Crippen LogP contribution in [-0.4, -0.2) is 0 Å². The molecule has 1 saturated carbocycles. The Balaban J connectivity index is 2.35. The SMILES string of the molecule is CCC1C[C@@H](C)C[C@@H](C)C1. The molecule has 0 nitrogen and oxygen atoms in total. The summed E-state index contributed by atoms with van der Waals surface area (Å²) < 4.78 is 0. The van der Waals surface area contributed by atoms with Crippen molar-refractivity contribution in [3.05, 3.63) is 0 Å². The second-order valence-corrected chi connectivity index (χ2v) is 4.19. The molecule has 1 unspecified atom stereocenters. The first-order valence-corrected chi connectivity index (χ1v) is 4.72. The summed E-state index contributed by atoms with van der Waals surface area (Å²) in [5.74, 6) is 3.03. The molecule has 0 aromatic rings. The van der Waals surface area contributed by atoms with Gasteiger partial charge in [-0.15, -0.1) is 0 Å². The molecule has 0 amide bonds. The van der Waals surface area contributed by atoms with Gasteiger partial charge in [0.1, 0.15) is 0 Å². The van der Waals surface area contributed by atoms with Crippen LogP contribution < -0.4 is 0 Å². The van der Waals surface area contributed by atoms with E-state index >= 15 is 0 Å². The zero-order valence-electron chi connectivity index (χ0n) is 7.56. The zero-order chi connectivity index (χ0) is 7.56. The van der Waals surface area contributed by atoms with Crippen LogP contribution in [0.2, 0.25) is 0 Å². The summed E-state index contributed by atoms with van der Waals surface area (Å²) in [5, 5.41) is 0. The Morgan fingerprint density at radius 2 is 1.50 bits per heavy atom. The Bertz CT molecular complexity index is 86.2. The van der Waals surface area contributed by atoms with Gasteiger partial charge in [-0.25, -0.2) is 0 Å². The van der Waals surface area contributed by atoms with Gasteiger partial charge in [-0.05, 0) is 37.0 Å². The minimum absolute atomic E-state index is 0.994. The van der Waals surface area contributed by atoms with Gasteiger partial charge >= 0.3 is 0 Å². The fourth-order valence-corrected chi connectivity index (χ4v) is 2.45. The van der Waals surface area contributed by atoms with Crippen LogP contribution in [-0.2, 0) is 0 Å². The van der Waals surface area contributed by atoms with Crippen molar-refractivity contribution < 1.29 is 0 Å². The van der Waals surface area contributed by atoms with Crippen molar-refractivity contribution in [1.29, 1.82) is 0 Å². The molecule has 60 valence electrons. The Morgan fingerprint density at radius 3 is 1.90 bits per heavy atom. The van der Waals surface area contributed by atoms with Crippen LogP contribution in [0, 0.1) is 17.8 Å². The van der Waals surface area contributed by atoms with Crippen LogP contribution >= 0.6 is 0 Å². The molecule has 0 saturated heterocycles. The first-order valence-electron chi connectivity index (χ1n) is 4.72. The number of rotatable bonds is 1. The molecular formula is C10H20. The van der Waals surface area contributed by atoms with E-state index in [-0.39, 0.29) is 0 Å². The van der Waals surface area contributed by atoms with Gasteiger partial charge in [0.2, 0.25) is 0 Å². The number of hydrogen-bond donors (Lipinski definition) is 0. The van der Waals surface area contributed by atoms with E-state index in [0.29, 0.717) is 0 Å². The topological polar surface area (TPSA) is 0 Å². The van der Waals surface area contributed by atoms with Gasteiger partial charge < -0.3 is 0 Å². The van der Waals surface area contributed by atoms with Crippen LogP contribution in [0.3, 0.4) is 0 Å². The summed E-state index contributed by atoms with van der Waals surface area (Å²) in [6.45, 7) is 7.13. The van der Waals surface area contributed by atoms with Gasteiger partial charge in [0.05, 0.1) is 0 Å². The molecule has 1 aliphatic rings. The third-order valence-electron chi connectivity index (χ3n) is 2.85. The predicted molar refractivity (Wildman–Crippen MR) is 46.0 cm³/mol. The van der Waals surface area contributed by atoms with E-state index in [1.54, 1.807) is 0 Å². The molecule has 0 aromatic carbocycles. The maximum Gasteiger partial charge on any atom is -0.0412 e. The fourth-order valence-electron chi connectivity index (χ4n) is 2.45. The van der Waals surface area contributed by atoms with E-state index in [0.717, 1.165) is 17.8 Å². The molecule has 0 aliphatic heterocycles. The van der Waals surface area contributed by atoms with Crippen LogP contribution in [0.15, 0.2) is 0 Å².